The van der Waals surface area contributed by atoms with E-state index in [0.29, 0.717) is 13.0 Å². The van der Waals surface area contributed by atoms with Crippen molar-refractivity contribution in [3.05, 3.63) is 64.2 Å². The average molecular weight is 281 g/mol. The third kappa shape index (κ3) is 3.37. The molecule has 0 aliphatic heterocycles. The second-order valence-electron chi connectivity index (χ2n) is 4.62. The van der Waals surface area contributed by atoms with E-state index in [-0.39, 0.29) is 5.69 Å². The van der Waals surface area contributed by atoms with Gasteiger partial charge >= 0.3 is 0 Å². The highest BCUT2D eigenvalue weighted by Gasteiger charge is 2.14. The number of nitro benzene ring substituents is 1. The standard InChI is InChI=1S/C16H15N3O2/c1-13-12-15(19(20)21)8-9-16(13)18(11-5-10-17)14-6-3-2-4-7-14/h2-4,6-9,12H,5,11H2,1H3. The fourth-order valence-corrected chi connectivity index (χ4v) is 2.21. The molecule has 2 aromatic rings. The summed E-state index contributed by atoms with van der Waals surface area (Å²) in [5.41, 5.74) is 2.72. The van der Waals surface area contributed by atoms with Gasteiger partial charge in [0.2, 0.25) is 0 Å². The molecular weight excluding hydrogens is 266 g/mol. The molecule has 0 atom stereocenters. The molecule has 0 N–H and O–H groups in total. The van der Waals surface area contributed by atoms with Crippen LogP contribution in [0.2, 0.25) is 0 Å². The van der Waals surface area contributed by atoms with Gasteiger partial charge in [0.15, 0.2) is 0 Å². The number of nitriles is 1. The zero-order chi connectivity index (χ0) is 15.2. The lowest BCUT2D eigenvalue weighted by molar-refractivity contribution is -0.384. The summed E-state index contributed by atoms with van der Waals surface area (Å²) >= 11 is 0. The van der Waals surface area contributed by atoms with Crippen molar-refractivity contribution in [2.45, 2.75) is 13.3 Å². The fraction of sp³-hybridized carbons (Fsp3) is 0.188. The maximum Gasteiger partial charge on any atom is 0.269 e. The maximum atomic E-state index is 10.8. The fourth-order valence-electron chi connectivity index (χ4n) is 2.21. The molecule has 0 aliphatic rings. The van der Waals surface area contributed by atoms with Gasteiger partial charge < -0.3 is 4.90 Å². The molecule has 2 rings (SSSR count). The Labute approximate surface area is 123 Å². The van der Waals surface area contributed by atoms with E-state index in [1.165, 1.54) is 6.07 Å². The van der Waals surface area contributed by atoms with Gasteiger partial charge in [0.05, 0.1) is 17.4 Å². The molecule has 0 fully saturated rings. The number of nitrogens with zero attached hydrogens (tertiary/aromatic N) is 3. The normalized spacial score (nSPS) is 9.90. The summed E-state index contributed by atoms with van der Waals surface area (Å²) in [5, 5.41) is 19.7. The zero-order valence-corrected chi connectivity index (χ0v) is 11.7. The van der Waals surface area contributed by atoms with Crippen LogP contribution in [0.5, 0.6) is 0 Å². The van der Waals surface area contributed by atoms with Crippen LogP contribution in [-0.2, 0) is 0 Å². The number of aryl methyl sites for hydroxylation is 1. The summed E-state index contributed by atoms with van der Waals surface area (Å²) in [6.07, 6.45) is 0.380. The number of benzene rings is 2. The van der Waals surface area contributed by atoms with Crippen LogP contribution in [0.3, 0.4) is 0 Å². The molecule has 0 spiro atoms. The monoisotopic (exact) mass is 281 g/mol. The van der Waals surface area contributed by atoms with Crippen LogP contribution < -0.4 is 4.90 Å². The Morgan fingerprint density at radius 1 is 1.24 bits per heavy atom. The molecule has 106 valence electrons. The lowest BCUT2D eigenvalue weighted by Gasteiger charge is -2.25. The van der Waals surface area contributed by atoms with Gasteiger partial charge in [0.25, 0.3) is 5.69 Å². The van der Waals surface area contributed by atoms with Gasteiger partial charge in [-0.3, -0.25) is 10.1 Å². The summed E-state index contributed by atoms with van der Waals surface area (Å²) in [7, 11) is 0. The second-order valence-corrected chi connectivity index (χ2v) is 4.62. The van der Waals surface area contributed by atoms with Crippen molar-refractivity contribution >= 4 is 17.1 Å². The second kappa shape index (κ2) is 6.53. The minimum atomic E-state index is -0.404. The molecule has 0 unspecified atom stereocenters. The van der Waals surface area contributed by atoms with Gasteiger partial charge in [-0.1, -0.05) is 18.2 Å². The van der Waals surface area contributed by atoms with E-state index < -0.39 is 4.92 Å². The highest BCUT2D eigenvalue weighted by molar-refractivity contribution is 5.67. The molecule has 5 heteroatoms. The first kappa shape index (κ1) is 14.5. The Morgan fingerprint density at radius 3 is 2.52 bits per heavy atom. The summed E-state index contributed by atoms with van der Waals surface area (Å²) in [6, 6.07) is 16.6. The minimum absolute atomic E-state index is 0.0737. The number of rotatable bonds is 5. The molecule has 0 bridgehead atoms. The van der Waals surface area contributed by atoms with Crippen LogP contribution in [0.1, 0.15) is 12.0 Å². The first-order valence-corrected chi connectivity index (χ1v) is 6.58. The van der Waals surface area contributed by atoms with Crippen LogP contribution in [0.15, 0.2) is 48.5 Å². The van der Waals surface area contributed by atoms with Crippen LogP contribution in [0.4, 0.5) is 17.1 Å². The van der Waals surface area contributed by atoms with Gasteiger partial charge in [-0.05, 0) is 30.7 Å². The van der Waals surface area contributed by atoms with Crippen molar-refractivity contribution < 1.29 is 4.92 Å². The van der Waals surface area contributed by atoms with E-state index in [2.05, 4.69) is 6.07 Å². The van der Waals surface area contributed by atoms with Gasteiger partial charge in [-0.15, -0.1) is 0 Å². The molecule has 0 heterocycles. The number of non-ortho nitro benzene ring substituents is 1. The van der Waals surface area contributed by atoms with Crippen LogP contribution in [0, 0.1) is 28.4 Å². The minimum Gasteiger partial charge on any atom is -0.340 e. The van der Waals surface area contributed by atoms with E-state index in [4.69, 9.17) is 5.26 Å². The van der Waals surface area contributed by atoms with E-state index in [1.54, 1.807) is 12.1 Å². The topological polar surface area (TPSA) is 70.2 Å². The van der Waals surface area contributed by atoms with Gasteiger partial charge in [-0.2, -0.15) is 5.26 Å². The lowest BCUT2D eigenvalue weighted by Crippen LogP contribution is -2.19. The predicted octanol–water partition coefficient (Wildman–Crippen LogP) is 3.96. The molecule has 0 saturated heterocycles. The maximum absolute atomic E-state index is 10.8. The van der Waals surface area contributed by atoms with Crippen molar-refractivity contribution in [2.75, 3.05) is 11.4 Å². The highest BCUT2D eigenvalue weighted by atomic mass is 16.6. The summed E-state index contributed by atoms with van der Waals surface area (Å²) in [6.45, 7) is 2.38. The Morgan fingerprint density at radius 2 is 1.95 bits per heavy atom. The van der Waals surface area contributed by atoms with Crippen LogP contribution in [-0.4, -0.2) is 11.5 Å². The predicted molar refractivity (Wildman–Crippen MR) is 81.5 cm³/mol. The Hall–Kier alpha value is -2.87. The van der Waals surface area contributed by atoms with Gasteiger partial charge in [-0.25, -0.2) is 0 Å². The Bertz CT molecular complexity index is 678. The van der Waals surface area contributed by atoms with Gasteiger partial charge in [0.1, 0.15) is 0 Å². The summed E-state index contributed by atoms with van der Waals surface area (Å²) in [4.78, 5) is 12.4. The zero-order valence-electron chi connectivity index (χ0n) is 11.7. The third-order valence-corrected chi connectivity index (χ3v) is 3.20. The Kier molecular flexibility index (Phi) is 4.52. The molecule has 5 nitrogen and oxygen atoms in total. The van der Waals surface area contributed by atoms with Crippen LogP contribution >= 0.6 is 0 Å². The summed E-state index contributed by atoms with van der Waals surface area (Å²) in [5.74, 6) is 0. The molecule has 0 aromatic heterocycles. The SMILES string of the molecule is Cc1cc([N+](=O)[O-])ccc1N(CCC#N)c1ccccc1. The molecular formula is C16H15N3O2. The number of hydrogen-bond acceptors (Lipinski definition) is 4. The third-order valence-electron chi connectivity index (χ3n) is 3.20. The van der Waals surface area contributed by atoms with Crippen molar-refractivity contribution in [1.82, 2.24) is 0 Å². The van der Waals surface area contributed by atoms with Gasteiger partial charge in [0, 0.05) is 30.1 Å². The van der Waals surface area contributed by atoms with E-state index in [0.717, 1.165) is 16.9 Å². The number of nitro groups is 1. The quantitative estimate of drug-likeness (QED) is 0.614. The lowest BCUT2D eigenvalue weighted by atomic mass is 10.1. The molecule has 0 radical (unpaired) electrons. The first-order chi connectivity index (χ1) is 10.1. The molecule has 2 aromatic carbocycles. The van der Waals surface area contributed by atoms with Crippen molar-refractivity contribution in [3.63, 3.8) is 0 Å². The molecule has 0 aliphatic carbocycles. The van der Waals surface area contributed by atoms with Crippen molar-refractivity contribution in [3.8, 4) is 6.07 Å². The largest absolute Gasteiger partial charge is 0.340 e. The van der Waals surface area contributed by atoms with E-state index in [1.807, 2.05) is 42.2 Å². The average Bonchev–Trinajstić information content (AvgIpc) is 2.50. The smallest absolute Gasteiger partial charge is 0.269 e. The molecule has 0 amide bonds. The van der Waals surface area contributed by atoms with Crippen molar-refractivity contribution in [1.29, 1.82) is 5.26 Å². The number of para-hydroxylation sites is 1. The van der Waals surface area contributed by atoms with Crippen LogP contribution in [0.25, 0.3) is 0 Å². The molecule has 21 heavy (non-hydrogen) atoms. The first-order valence-electron chi connectivity index (χ1n) is 6.58. The Balaban J connectivity index is 2.42. The number of anilines is 2. The van der Waals surface area contributed by atoms with Crippen molar-refractivity contribution in [2.24, 2.45) is 0 Å². The molecule has 0 saturated carbocycles. The highest BCUT2D eigenvalue weighted by Crippen LogP contribution is 2.30. The summed E-state index contributed by atoms with van der Waals surface area (Å²) < 4.78 is 0. The van der Waals surface area contributed by atoms with E-state index in [9.17, 15) is 10.1 Å². The van der Waals surface area contributed by atoms with E-state index >= 15 is 0 Å². The number of hydrogen-bond donors (Lipinski definition) is 0.